The number of nitrogens with zero attached hydrogens (tertiary/aromatic N) is 1. The van der Waals surface area contributed by atoms with Crippen LogP contribution in [0.3, 0.4) is 0 Å². The van der Waals surface area contributed by atoms with E-state index in [-0.39, 0.29) is 5.91 Å². The van der Waals surface area contributed by atoms with Crippen molar-refractivity contribution in [2.75, 3.05) is 19.4 Å². The Morgan fingerprint density at radius 1 is 1.15 bits per heavy atom. The second-order valence-electron chi connectivity index (χ2n) is 5.27. The van der Waals surface area contributed by atoms with Gasteiger partial charge in [-0.05, 0) is 32.6 Å². The van der Waals surface area contributed by atoms with Crippen LogP contribution in [0.2, 0.25) is 0 Å². The number of carbonyl (C=O) groups is 1. The van der Waals surface area contributed by atoms with Gasteiger partial charge in [0.2, 0.25) is 0 Å². The van der Waals surface area contributed by atoms with Gasteiger partial charge in [-0.1, -0.05) is 30.3 Å². The van der Waals surface area contributed by atoms with E-state index in [9.17, 15) is 4.79 Å². The Kier molecular flexibility index (Phi) is 3.03. The van der Waals surface area contributed by atoms with Crippen LogP contribution in [0.15, 0.2) is 36.4 Å². The number of nitrogens with one attached hydrogen (secondary N) is 2. The summed E-state index contributed by atoms with van der Waals surface area (Å²) in [5, 5.41) is 7.32. The molecular formula is C15H17N3OS. The van der Waals surface area contributed by atoms with Gasteiger partial charge in [-0.25, -0.2) is 0 Å². The van der Waals surface area contributed by atoms with E-state index in [2.05, 4.69) is 22.8 Å². The Labute approximate surface area is 122 Å². The van der Waals surface area contributed by atoms with Crippen molar-refractivity contribution < 1.29 is 4.79 Å². The molecule has 104 valence electrons. The molecule has 0 spiro atoms. The van der Waals surface area contributed by atoms with Crippen molar-refractivity contribution in [3.8, 4) is 10.4 Å². The molecule has 1 atom stereocenters. The van der Waals surface area contributed by atoms with E-state index < -0.39 is 5.79 Å². The summed E-state index contributed by atoms with van der Waals surface area (Å²) < 4.78 is 0. The summed E-state index contributed by atoms with van der Waals surface area (Å²) in [4.78, 5) is 15.3. The summed E-state index contributed by atoms with van der Waals surface area (Å²) in [5.41, 5.74) is 1.85. The number of hydrogen-bond acceptors (Lipinski definition) is 4. The highest BCUT2D eigenvalue weighted by molar-refractivity contribution is 7.19. The quantitative estimate of drug-likeness (QED) is 0.892. The van der Waals surface area contributed by atoms with Crippen LogP contribution in [0.5, 0.6) is 0 Å². The summed E-state index contributed by atoms with van der Waals surface area (Å²) in [6, 6.07) is 12.1. The third kappa shape index (κ3) is 2.09. The molecular weight excluding hydrogens is 270 g/mol. The lowest BCUT2D eigenvalue weighted by Crippen LogP contribution is -2.63. The Morgan fingerprint density at radius 3 is 2.50 bits per heavy atom. The molecule has 0 saturated heterocycles. The van der Waals surface area contributed by atoms with Crippen LogP contribution in [0, 0.1) is 0 Å². The van der Waals surface area contributed by atoms with E-state index in [1.54, 1.807) is 11.3 Å². The molecule has 5 heteroatoms. The van der Waals surface area contributed by atoms with Crippen molar-refractivity contribution in [2.24, 2.45) is 0 Å². The maximum Gasteiger partial charge on any atom is 0.257 e. The fourth-order valence-corrected chi connectivity index (χ4v) is 3.32. The summed E-state index contributed by atoms with van der Waals surface area (Å²) >= 11 is 1.61. The molecule has 4 nitrogen and oxygen atoms in total. The van der Waals surface area contributed by atoms with Crippen LogP contribution in [-0.2, 0) is 0 Å². The Balaban J connectivity index is 2.02. The molecule has 1 aromatic carbocycles. The molecule has 2 heterocycles. The molecule has 2 N–H and O–H groups in total. The van der Waals surface area contributed by atoms with E-state index >= 15 is 0 Å². The van der Waals surface area contributed by atoms with Gasteiger partial charge in [-0.3, -0.25) is 9.69 Å². The average molecular weight is 287 g/mol. The third-order valence-corrected chi connectivity index (χ3v) is 4.74. The zero-order chi connectivity index (χ0) is 14.3. The van der Waals surface area contributed by atoms with Gasteiger partial charge in [0.25, 0.3) is 5.91 Å². The van der Waals surface area contributed by atoms with E-state index in [0.29, 0.717) is 5.56 Å². The predicted octanol–water partition coefficient (Wildman–Crippen LogP) is 2.81. The van der Waals surface area contributed by atoms with Crippen LogP contribution in [0.1, 0.15) is 17.3 Å². The fourth-order valence-electron chi connectivity index (χ4n) is 2.16. The fraction of sp³-hybridized carbons (Fsp3) is 0.267. The van der Waals surface area contributed by atoms with Crippen LogP contribution >= 0.6 is 11.3 Å². The van der Waals surface area contributed by atoms with Crippen molar-refractivity contribution in [2.45, 2.75) is 12.7 Å². The first-order valence-corrected chi connectivity index (χ1v) is 7.28. The van der Waals surface area contributed by atoms with Gasteiger partial charge < -0.3 is 10.6 Å². The highest BCUT2D eigenvalue weighted by Crippen LogP contribution is 2.38. The predicted molar refractivity (Wildman–Crippen MR) is 82.9 cm³/mol. The average Bonchev–Trinajstić information content (AvgIpc) is 2.83. The Hall–Kier alpha value is -1.85. The van der Waals surface area contributed by atoms with Crippen LogP contribution in [0.4, 0.5) is 5.00 Å². The van der Waals surface area contributed by atoms with Gasteiger partial charge in [0, 0.05) is 4.88 Å². The minimum atomic E-state index is -0.553. The van der Waals surface area contributed by atoms with Gasteiger partial charge in [-0.15, -0.1) is 11.3 Å². The molecule has 0 fully saturated rings. The van der Waals surface area contributed by atoms with E-state index in [1.807, 2.05) is 50.2 Å². The molecule has 20 heavy (non-hydrogen) atoms. The van der Waals surface area contributed by atoms with Crippen molar-refractivity contribution >= 4 is 22.2 Å². The summed E-state index contributed by atoms with van der Waals surface area (Å²) in [7, 11) is 3.87. The molecule has 2 aromatic rings. The molecule has 0 radical (unpaired) electrons. The lowest BCUT2D eigenvalue weighted by atomic mass is 10.1. The Bertz CT molecular complexity index is 650. The standard InChI is InChI=1S/C15H17N3OS/c1-15(18(2)3)16-13(19)11-9-12(20-14(11)17-15)10-7-5-4-6-8-10/h4-9,17H,1-3H3,(H,16,19). The molecule has 0 bridgehead atoms. The maximum atomic E-state index is 12.3. The zero-order valence-electron chi connectivity index (χ0n) is 11.7. The van der Waals surface area contributed by atoms with Crippen molar-refractivity contribution in [3.05, 3.63) is 42.0 Å². The highest BCUT2D eigenvalue weighted by Gasteiger charge is 2.36. The third-order valence-electron chi connectivity index (χ3n) is 3.64. The minimum Gasteiger partial charge on any atom is -0.342 e. The number of benzene rings is 1. The van der Waals surface area contributed by atoms with Crippen molar-refractivity contribution in [1.82, 2.24) is 10.2 Å². The van der Waals surface area contributed by atoms with Gasteiger partial charge in [0.15, 0.2) is 5.79 Å². The number of carbonyl (C=O) groups excluding carboxylic acids is 1. The van der Waals surface area contributed by atoms with Crippen molar-refractivity contribution in [3.63, 3.8) is 0 Å². The molecule has 1 aliphatic heterocycles. The van der Waals surface area contributed by atoms with Crippen molar-refractivity contribution in [1.29, 1.82) is 0 Å². The SMILES string of the molecule is CN(C)C1(C)NC(=O)c2cc(-c3ccccc3)sc2N1. The molecule has 1 unspecified atom stereocenters. The molecule has 1 amide bonds. The lowest BCUT2D eigenvalue weighted by molar-refractivity contribution is 0.0787. The molecule has 0 aliphatic carbocycles. The number of anilines is 1. The first-order chi connectivity index (χ1) is 9.49. The monoisotopic (exact) mass is 287 g/mol. The summed E-state index contributed by atoms with van der Waals surface area (Å²) in [5.74, 6) is -0.587. The number of hydrogen-bond donors (Lipinski definition) is 2. The second kappa shape index (κ2) is 4.61. The van der Waals surface area contributed by atoms with Crippen LogP contribution in [-0.4, -0.2) is 30.7 Å². The van der Waals surface area contributed by atoms with Gasteiger partial charge in [0.05, 0.1) is 5.56 Å². The molecule has 1 aromatic heterocycles. The topological polar surface area (TPSA) is 44.4 Å². The lowest BCUT2D eigenvalue weighted by Gasteiger charge is -2.41. The zero-order valence-corrected chi connectivity index (χ0v) is 12.5. The summed E-state index contributed by atoms with van der Waals surface area (Å²) in [6.07, 6.45) is 0. The van der Waals surface area contributed by atoms with Crippen LogP contribution in [0.25, 0.3) is 10.4 Å². The van der Waals surface area contributed by atoms with E-state index in [4.69, 9.17) is 0 Å². The number of amides is 1. The van der Waals surface area contributed by atoms with Gasteiger partial charge in [-0.2, -0.15) is 0 Å². The number of thiophene rings is 1. The normalized spacial score (nSPS) is 21.3. The highest BCUT2D eigenvalue weighted by atomic mass is 32.1. The van der Waals surface area contributed by atoms with Gasteiger partial charge >= 0.3 is 0 Å². The minimum absolute atomic E-state index is 0.0339. The molecule has 0 saturated carbocycles. The summed E-state index contributed by atoms with van der Waals surface area (Å²) in [6.45, 7) is 1.95. The van der Waals surface area contributed by atoms with E-state index in [1.165, 1.54) is 0 Å². The largest absolute Gasteiger partial charge is 0.342 e. The second-order valence-corrected chi connectivity index (χ2v) is 6.32. The molecule has 1 aliphatic rings. The molecule has 3 rings (SSSR count). The first kappa shape index (κ1) is 13.1. The van der Waals surface area contributed by atoms with Crippen LogP contribution < -0.4 is 10.6 Å². The van der Waals surface area contributed by atoms with Gasteiger partial charge in [0.1, 0.15) is 5.00 Å². The number of rotatable bonds is 2. The van der Waals surface area contributed by atoms with E-state index in [0.717, 1.165) is 15.4 Å². The smallest absolute Gasteiger partial charge is 0.257 e. The maximum absolute atomic E-state index is 12.3. The first-order valence-electron chi connectivity index (χ1n) is 6.47. The number of fused-ring (bicyclic) bond motifs is 1. The Morgan fingerprint density at radius 2 is 1.85 bits per heavy atom.